The second kappa shape index (κ2) is 13.4. The van der Waals surface area contributed by atoms with Crippen LogP contribution < -0.4 is 0 Å². The number of halogens is 1. The van der Waals surface area contributed by atoms with Crippen LogP contribution in [-0.2, 0) is 0 Å². The summed E-state index contributed by atoms with van der Waals surface area (Å²) in [5.74, 6) is 1.67. The molecule has 0 spiro atoms. The van der Waals surface area contributed by atoms with Crippen LogP contribution in [0.2, 0.25) is 0 Å². The molecule has 0 aliphatic carbocycles. The van der Waals surface area contributed by atoms with Gasteiger partial charge in [0.2, 0.25) is 0 Å². The lowest BCUT2D eigenvalue weighted by Crippen LogP contribution is -2.19. The average Bonchev–Trinajstić information content (AvgIpc) is 2.42. The van der Waals surface area contributed by atoms with Crippen molar-refractivity contribution >= 4 is 33.2 Å². The fourth-order valence-electron chi connectivity index (χ4n) is 2.49. The largest absolute Gasteiger partial charge is 0.127 e. The molecule has 0 saturated carbocycles. The van der Waals surface area contributed by atoms with Gasteiger partial charge >= 0.3 is 0 Å². The molecule has 21 heavy (non-hydrogen) atoms. The highest BCUT2D eigenvalue weighted by molar-refractivity contribution is 8.77. The molecule has 2 atom stereocenters. The van der Waals surface area contributed by atoms with Gasteiger partial charge in [0.15, 0.2) is 0 Å². The molecular formula is C18H37ClS2. The zero-order valence-electron chi connectivity index (χ0n) is 14.9. The molecule has 0 N–H and O–H groups in total. The van der Waals surface area contributed by atoms with E-state index in [2.05, 4.69) is 45.4 Å². The molecule has 0 aromatic rings. The van der Waals surface area contributed by atoms with Gasteiger partial charge in [-0.15, -0.1) is 11.6 Å². The third kappa shape index (κ3) is 13.2. The molecule has 0 radical (unpaired) electrons. The first-order chi connectivity index (χ1) is 9.94. The predicted molar refractivity (Wildman–Crippen MR) is 106 cm³/mol. The Morgan fingerprint density at radius 1 is 0.857 bits per heavy atom. The molecule has 0 nitrogen and oxygen atoms in total. The van der Waals surface area contributed by atoms with Crippen molar-refractivity contribution < 1.29 is 0 Å². The highest BCUT2D eigenvalue weighted by Crippen LogP contribution is 2.43. The van der Waals surface area contributed by atoms with Crippen LogP contribution >= 0.6 is 33.2 Å². The summed E-state index contributed by atoms with van der Waals surface area (Å²) in [5.41, 5.74) is 0. The van der Waals surface area contributed by atoms with Crippen LogP contribution in [-0.4, -0.2) is 15.9 Å². The van der Waals surface area contributed by atoms with E-state index in [9.17, 15) is 0 Å². The number of hydrogen-bond acceptors (Lipinski definition) is 2. The van der Waals surface area contributed by atoms with Crippen LogP contribution in [0.25, 0.3) is 0 Å². The Labute approximate surface area is 147 Å². The lowest BCUT2D eigenvalue weighted by Gasteiger charge is -2.28. The molecule has 0 saturated heterocycles. The monoisotopic (exact) mass is 352 g/mol. The molecule has 0 aliphatic heterocycles. The maximum atomic E-state index is 6.09. The maximum absolute atomic E-state index is 6.09. The second-order valence-corrected chi connectivity index (χ2v) is 10.7. The molecule has 0 bridgehead atoms. The fourth-order valence-corrected chi connectivity index (χ4v) is 5.91. The van der Waals surface area contributed by atoms with E-state index in [1.807, 2.05) is 10.8 Å². The molecule has 0 aromatic carbocycles. The molecule has 0 aliphatic rings. The SMILES string of the molecule is CCCCCCC(CCCC)[C@@H](CCCl)SSC(C)(C)C. The van der Waals surface area contributed by atoms with Gasteiger partial charge in [-0.1, -0.05) is 94.7 Å². The highest BCUT2D eigenvalue weighted by Gasteiger charge is 2.24. The molecule has 128 valence electrons. The molecular weight excluding hydrogens is 316 g/mol. The first kappa shape index (κ1) is 22.0. The van der Waals surface area contributed by atoms with Gasteiger partial charge < -0.3 is 0 Å². The first-order valence-corrected chi connectivity index (χ1v) is 11.6. The van der Waals surface area contributed by atoms with Crippen molar-refractivity contribution in [3.05, 3.63) is 0 Å². The topological polar surface area (TPSA) is 0 Å². The molecule has 0 aromatic heterocycles. The zero-order chi connectivity index (χ0) is 16.1. The Bertz CT molecular complexity index is 226. The maximum Gasteiger partial charge on any atom is 0.0234 e. The zero-order valence-corrected chi connectivity index (χ0v) is 17.3. The van der Waals surface area contributed by atoms with E-state index in [4.69, 9.17) is 11.6 Å². The van der Waals surface area contributed by atoms with Gasteiger partial charge in [-0.2, -0.15) is 0 Å². The number of rotatable bonds is 13. The standard InChI is InChI=1S/C18H37ClS2/c1-6-8-10-11-13-16(12-9-7-2)17(14-15-19)20-21-18(3,4)5/h16-17H,6-15H2,1-5H3/t16?,17-/m1/s1. The Morgan fingerprint density at radius 2 is 1.48 bits per heavy atom. The third-order valence-corrected chi connectivity index (χ3v) is 7.91. The van der Waals surface area contributed by atoms with E-state index < -0.39 is 0 Å². The van der Waals surface area contributed by atoms with Crippen LogP contribution in [0.1, 0.15) is 92.4 Å². The minimum absolute atomic E-state index is 0.340. The van der Waals surface area contributed by atoms with Gasteiger partial charge in [0.1, 0.15) is 0 Å². The summed E-state index contributed by atoms with van der Waals surface area (Å²) in [5, 5.41) is 0.736. The Balaban J connectivity index is 4.44. The molecule has 0 fully saturated rings. The summed E-state index contributed by atoms with van der Waals surface area (Å²) in [6, 6.07) is 0. The van der Waals surface area contributed by atoms with Crippen molar-refractivity contribution in [3.63, 3.8) is 0 Å². The van der Waals surface area contributed by atoms with Crippen molar-refractivity contribution in [2.24, 2.45) is 5.92 Å². The average molecular weight is 353 g/mol. The minimum atomic E-state index is 0.340. The summed E-state index contributed by atoms with van der Waals surface area (Å²) in [6.07, 6.45) is 12.2. The van der Waals surface area contributed by atoms with Gasteiger partial charge in [0.25, 0.3) is 0 Å². The smallest absolute Gasteiger partial charge is 0.0234 e. The van der Waals surface area contributed by atoms with Gasteiger partial charge in [-0.25, -0.2) is 0 Å². The Kier molecular flexibility index (Phi) is 14.1. The molecule has 0 rings (SSSR count). The highest BCUT2D eigenvalue weighted by atomic mass is 35.5. The molecule has 1 unspecified atom stereocenters. The van der Waals surface area contributed by atoms with Crippen molar-refractivity contribution in [1.82, 2.24) is 0 Å². The van der Waals surface area contributed by atoms with Gasteiger partial charge in [-0.05, 0) is 25.2 Å². The van der Waals surface area contributed by atoms with E-state index in [1.165, 1.54) is 51.4 Å². The van der Waals surface area contributed by atoms with Gasteiger partial charge in [-0.3, -0.25) is 0 Å². The minimum Gasteiger partial charge on any atom is -0.127 e. The fraction of sp³-hybridized carbons (Fsp3) is 1.00. The molecule has 3 heteroatoms. The van der Waals surface area contributed by atoms with Crippen LogP contribution in [0.15, 0.2) is 0 Å². The first-order valence-electron chi connectivity index (χ1n) is 8.85. The quantitative estimate of drug-likeness (QED) is 0.187. The van der Waals surface area contributed by atoms with Crippen LogP contribution in [0.5, 0.6) is 0 Å². The third-order valence-electron chi connectivity index (χ3n) is 3.70. The summed E-state index contributed by atoms with van der Waals surface area (Å²) < 4.78 is 0.340. The normalized spacial score (nSPS) is 15.1. The van der Waals surface area contributed by atoms with E-state index in [-0.39, 0.29) is 0 Å². The lowest BCUT2D eigenvalue weighted by molar-refractivity contribution is 0.396. The van der Waals surface area contributed by atoms with Crippen molar-refractivity contribution in [1.29, 1.82) is 0 Å². The predicted octanol–water partition coefficient (Wildman–Crippen LogP) is 7.94. The van der Waals surface area contributed by atoms with Gasteiger partial charge in [0.05, 0.1) is 0 Å². The summed E-state index contributed by atoms with van der Waals surface area (Å²) in [7, 11) is 4.15. The van der Waals surface area contributed by atoms with Gasteiger partial charge in [0, 0.05) is 15.9 Å². The number of hydrogen-bond donors (Lipinski definition) is 0. The lowest BCUT2D eigenvalue weighted by atomic mass is 9.91. The number of alkyl halides is 1. The van der Waals surface area contributed by atoms with E-state index in [1.54, 1.807) is 0 Å². The Hall–Kier alpha value is 0.990. The van der Waals surface area contributed by atoms with Crippen molar-refractivity contribution in [3.8, 4) is 0 Å². The van der Waals surface area contributed by atoms with Crippen LogP contribution in [0.3, 0.4) is 0 Å². The molecule has 0 amide bonds. The van der Waals surface area contributed by atoms with E-state index in [0.29, 0.717) is 4.75 Å². The molecule has 0 heterocycles. The van der Waals surface area contributed by atoms with E-state index in [0.717, 1.165) is 23.5 Å². The summed E-state index contributed by atoms with van der Waals surface area (Å²) in [4.78, 5) is 0. The van der Waals surface area contributed by atoms with Crippen molar-refractivity contribution in [2.45, 2.75) is 102 Å². The summed E-state index contributed by atoms with van der Waals surface area (Å²) >= 11 is 6.09. The number of unbranched alkanes of at least 4 members (excludes halogenated alkanes) is 4. The summed E-state index contributed by atoms with van der Waals surface area (Å²) in [6.45, 7) is 11.5. The van der Waals surface area contributed by atoms with E-state index >= 15 is 0 Å². The van der Waals surface area contributed by atoms with Crippen LogP contribution in [0.4, 0.5) is 0 Å². The Morgan fingerprint density at radius 3 is 2.00 bits per heavy atom. The van der Waals surface area contributed by atoms with Crippen LogP contribution in [0, 0.1) is 5.92 Å². The second-order valence-electron chi connectivity index (χ2n) is 7.06. The van der Waals surface area contributed by atoms with Crippen molar-refractivity contribution in [2.75, 3.05) is 5.88 Å².